The number of nitrogens with zero attached hydrogens (tertiary/aromatic N) is 2. The molecule has 0 unspecified atom stereocenters. The Morgan fingerprint density at radius 2 is 2.04 bits per heavy atom. The zero-order valence-corrected chi connectivity index (χ0v) is 14.2. The lowest BCUT2D eigenvalue weighted by molar-refractivity contribution is -0.118. The second-order valence-corrected chi connectivity index (χ2v) is 5.63. The number of carbonyl (C=O) groups is 2. The number of methoxy groups -OCH3 is 1. The molecule has 0 aliphatic rings. The minimum atomic E-state index is -0.430. The highest BCUT2D eigenvalue weighted by Gasteiger charge is 2.09. The fraction of sp³-hybridized carbons (Fsp3) is 0.105. The van der Waals surface area contributed by atoms with E-state index in [0.29, 0.717) is 11.3 Å². The van der Waals surface area contributed by atoms with Crippen LogP contribution in [0.25, 0.3) is 10.9 Å². The van der Waals surface area contributed by atoms with Crippen LogP contribution in [0.15, 0.2) is 59.8 Å². The number of fused-ring (bicyclic) bond motifs is 1. The third kappa shape index (κ3) is 3.72. The molecule has 3 rings (SSSR count). The Balaban J connectivity index is 1.80. The summed E-state index contributed by atoms with van der Waals surface area (Å²) < 4.78 is 6.86. The molecule has 0 saturated carbocycles. The van der Waals surface area contributed by atoms with E-state index in [2.05, 4.69) is 10.5 Å². The Morgan fingerprint density at radius 1 is 1.23 bits per heavy atom. The molecule has 0 bridgehead atoms. The molecule has 26 heavy (non-hydrogen) atoms. The van der Waals surface area contributed by atoms with Crippen LogP contribution in [0.3, 0.4) is 0 Å². The highest BCUT2D eigenvalue weighted by molar-refractivity contribution is 6.01. The van der Waals surface area contributed by atoms with E-state index in [9.17, 15) is 9.59 Å². The monoisotopic (exact) mass is 350 g/mol. The van der Waals surface area contributed by atoms with E-state index in [1.54, 1.807) is 35.0 Å². The molecule has 0 aliphatic carbocycles. The molecule has 0 radical (unpaired) electrons. The van der Waals surface area contributed by atoms with Crippen molar-refractivity contribution in [3.8, 4) is 5.75 Å². The second-order valence-electron chi connectivity index (χ2n) is 5.63. The van der Waals surface area contributed by atoms with Crippen molar-refractivity contribution in [2.24, 2.45) is 10.8 Å². The zero-order valence-electron chi connectivity index (χ0n) is 14.2. The van der Waals surface area contributed by atoms with Crippen molar-refractivity contribution in [2.75, 3.05) is 7.11 Å². The Hall–Kier alpha value is -3.61. The number of aromatic nitrogens is 1. The van der Waals surface area contributed by atoms with Crippen molar-refractivity contribution in [3.63, 3.8) is 0 Å². The van der Waals surface area contributed by atoms with Gasteiger partial charge in [0, 0.05) is 28.2 Å². The summed E-state index contributed by atoms with van der Waals surface area (Å²) >= 11 is 0. The number of hydrogen-bond donors (Lipinski definition) is 2. The first-order chi connectivity index (χ1) is 12.6. The standard InChI is InChI=1S/C19H18N4O3/c1-26-15-6-4-5-13(9-15)19(25)22-21-10-14-11-23(12-18(20)24)17-8-3-2-7-16(14)17/h2-11H,12H2,1H3,(H2,20,24)(H,22,25). The summed E-state index contributed by atoms with van der Waals surface area (Å²) in [6, 6.07) is 14.4. The largest absolute Gasteiger partial charge is 0.497 e. The fourth-order valence-corrected chi connectivity index (χ4v) is 2.67. The number of rotatable bonds is 6. The van der Waals surface area contributed by atoms with Crippen LogP contribution in [0.2, 0.25) is 0 Å². The van der Waals surface area contributed by atoms with Crippen molar-refractivity contribution < 1.29 is 14.3 Å². The Kier molecular flexibility index (Phi) is 4.98. The third-order valence-electron chi connectivity index (χ3n) is 3.85. The highest BCUT2D eigenvalue weighted by atomic mass is 16.5. The maximum Gasteiger partial charge on any atom is 0.271 e. The molecule has 0 fully saturated rings. The molecule has 0 spiro atoms. The molecule has 7 heteroatoms. The summed E-state index contributed by atoms with van der Waals surface area (Å²) in [4.78, 5) is 23.4. The molecule has 132 valence electrons. The lowest BCUT2D eigenvalue weighted by atomic mass is 10.2. The molecule has 2 amide bonds. The van der Waals surface area contributed by atoms with Gasteiger partial charge < -0.3 is 15.0 Å². The fourth-order valence-electron chi connectivity index (χ4n) is 2.67. The Morgan fingerprint density at radius 3 is 2.81 bits per heavy atom. The normalized spacial score (nSPS) is 11.0. The van der Waals surface area contributed by atoms with Gasteiger partial charge in [-0.15, -0.1) is 0 Å². The van der Waals surface area contributed by atoms with Crippen LogP contribution in [0.4, 0.5) is 0 Å². The highest BCUT2D eigenvalue weighted by Crippen LogP contribution is 2.19. The van der Waals surface area contributed by atoms with E-state index in [4.69, 9.17) is 10.5 Å². The number of nitrogens with one attached hydrogen (secondary N) is 1. The summed E-state index contributed by atoms with van der Waals surface area (Å²) in [6.45, 7) is 0.0739. The van der Waals surface area contributed by atoms with Gasteiger partial charge in [0.25, 0.3) is 5.91 Å². The van der Waals surface area contributed by atoms with Gasteiger partial charge >= 0.3 is 0 Å². The van der Waals surface area contributed by atoms with Gasteiger partial charge in [0.1, 0.15) is 12.3 Å². The first-order valence-electron chi connectivity index (χ1n) is 7.92. The van der Waals surface area contributed by atoms with E-state index in [1.165, 1.54) is 13.3 Å². The minimum absolute atomic E-state index is 0.0739. The zero-order chi connectivity index (χ0) is 18.5. The molecule has 0 aliphatic heterocycles. The van der Waals surface area contributed by atoms with Gasteiger partial charge in [0.15, 0.2) is 0 Å². The van der Waals surface area contributed by atoms with E-state index in [0.717, 1.165) is 16.5 Å². The van der Waals surface area contributed by atoms with Crippen molar-refractivity contribution in [2.45, 2.75) is 6.54 Å². The molecule has 3 aromatic rings. The van der Waals surface area contributed by atoms with Crippen LogP contribution in [0, 0.1) is 0 Å². The number of amides is 2. The van der Waals surface area contributed by atoms with E-state index >= 15 is 0 Å². The predicted octanol–water partition coefficient (Wildman–Crippen LogP) is 1.90. The van der Waals surface area contributed by atoms with E-state index in [-0.39, 0.29) is 12.5 Å². The number of para-hydroxylation sites is 1. The van der Waals surface area contributed by atoms with Crippen LogP contribution in [-0.4, -0.2) is 29.7 Å². The van der Waals surface area contributed by atoms with Gasteiger partial charge in [-0.1, -0.05) is 24.3 Å². The number of carbonyl (C=O) groups excluding carboxylic acids is 2. The molecule has 1 aromatic heterocycles. The van der Waals surface area contributed by atoms with Crippen LogP contribution >= 0.6 is 0 Å². The van der Waals surface area contributed by atoms with Gasteiger partial charge in [0.05, 0.1) is 13.3 Å². The first kappa shape index (κ1) is 17.2. The summed E-state index contributed by atoms with van der Waals surface area (Å²) in [5.41, 5.74) is 9.86. The number of hydrazone groups is 1. The maximum atomic E-state index is 12.2. The van der Waals surface area contributed by atoms with Crippen molar-refractivity contribution in [1.29, 1.82) is 0 Å². The van der Waals surface area contributed by atoms with E-state index in [1.807, 2.05) is 24.3 Å². The number of benzene rings is 2. The SMILES string of the molecule is COc1cccc(C(=O)NN=Cc2cn(CC(N)=O)c3ccccc23)c1. The van der Waals surface area contributed by atoms with Gasteiger partial charge in [0.2, 0.25) is 5.91 Å². The van der Waals surface area contributed by atoms with Crippen LogP contribution in [0.1, 0.15) is 15.9 Å². The molecule has 0 atom stereocenters. The maximum absolute atomic E-state index is 12.2. The molecule has 1 heterocycles. The van der Waals surface area contributed by atoms with Gasteiger partial charge in [-0.3, -0.25) is 9.59 Å². The summed E-state index contributed by atoms with van der Waals surface area (Å²) in [5, 5.41) is 4.93. The quantitative estimate of drug-likeness (QED) is 0.525. The van der Waals surface area contributed by atoms with Crippen molar-refractivity contribution in [3.05, 3.63) is 65.9 Å². The minimum Gasteiger partial charge on any atom is -0.497 e. The number of hydrogen-bond acceptors (Lipinski definition) is 4. The molecular formula is C19H18N4O3. The topological polar surface area (TPSA) is 98.7 Å². The van der Waals surface area contributed by atoms with Crippen molar-refractivity contribution in [1.82, 2.24) is 9.99 Å². The molecule has 7 nitrogen and oxygen atoms in total. The van der Waals surface area contributed by atoms with Crippen LogP contribution in [-0.2, 0) is 11.3 Å². The first-order valence-corrected chi connectivity index (χ1v) is 7.92. The van der Waals surface area contributed by atoms with Crippen molar-refractivity contribution >= 4 is 28.9 Å². The lowest BCUT2D eigenvalue weighted by Gasteiger charge is -2.02. The number of ether oxygens (including phenoxy) is 1. The summed E-state index contributed by atoms with van der Waals surface area (Å²) in [5.74, 6) is -0.183. The smallest absolute Gasteiger partial charge is 0.271 e. The number of nitrogens with two attached hydrogens (primary N) is 1. The Labute approximate surface area is 150 Å². The van der Waals surface area contributed by atoms with Crippen LogP contribution < -0.4 is 15.9 Å². The van der Waals surface area contributed by atoms with Gasteiger partial charge in [-0.05, 0) is 24.3 Å². The molecular weight excluding hydrogens is 332 g/mol. The number of primary amides is 1. The average molecular weight is 350 g/mol. The predicted molar refractivity (Wildman–Crippen MR) is 99.2 cm³/mol. The van der Waals surface area contributed by atoms with Gasteiger partial charge in [-0.25, -0.2) is 5.43 Å². The van der Waals surface area contributed by atoms with Gasteiger partial charge in [-0.2, -0.15) is 5.10 Å². The van der Waals surface area contributed by atoms with Crippen LogP contribution in [0.5, 0.6) is 5.75 Å². The Bertz CT molecular complexity index is 991. The summed E-state index contributed by atoms with van der Waals surface area (Å²) in [6.07, 6.45) is 3.31. The third-order valence-corrected chi connectivity index (χ3v) is 3.85. The average Bonchev–Trinajstić information content (AvgIpc) is 2.99. The summed E-state index contributed by atoms with van der Waals surface area (Å²) in [7, 11) is 1.54. The lowest BCUT2D eigenvalue weighted by Crippen LogP contribution is -2.18. The molecule has 3 N–H and O–H groups in total. The molecule has 2 aromatic carbocycles. The second kappa shape index (κ2) is 7.52. The van der Waals surface area contributed by atoms with E-state index < -0.39 is 5.91 Å². The molecule has 0 saturated heterocycles.